The first kappa shape index (κ1) is 7.72. The SMILES string of the molecule is C=CCN1CCNC(O)C1. The lowest BCUT2D eigenvalue weighted by molar-refractivity contribution is 0.0602. The Balaban J connectivity index is 2.24. The molecule has 2 N–H and O–H groups in total. The summed E-state index contributed by atoms with van der Waals surface area (Å²) in [6, 6.07) is 0. The van der Waals surface area contributed by atoms with Crippen molar-refractivity contribution in [3.05, 3.63) is 12.7 Å². The fraction of sp³-hybridized carbons (Fsp3) is 0.714. The van der Waals surface area contributed by atoms with Gasteiger partial charge in [0.2, 0.25) is 0 Å². The van der Waals surface area contributed by atoms with Crippen LogP contribution < -0.4 is 5.32 Å². The quantitative estimate of drug-likeness (QED) is 0.505. The fourth-order valence-electron chi connectivity index (χ4n) is 1.14. The van der Waals surface area contributed by atoms with Crippen LogP contribution in [0.4, 0.5) is 0 Å². The van der Waals surface area contributed by atoms with E-state index in [0.717, 1.165) is 19.6 Å². The number of hydrogen-bond donors (Lipinski definition) is 2. The van der Waals surface area contributed by atoms with Gasteiger partial charge in [-0.1, -0.05) is 6.08 Å². The van der Waals surface area contributed by atoms with Crippen molar-refractivity contribution in [2.24, 2.45) is 0 Å². The normalized spacial score (nSPS) is 28.3. The molecular weight excluding hydrogens is 128 g/mol. The van der Waals surface area contributed by atoms with E-state index in [-0.39, 0.29) is 6.23 Å². The van der Waals surface area contributed by atoms with Crippen molar-refractivity contribution in [1.29, 1.82) is 0 Å². The Morgan fingerprint density at radius 2 is 2.60 bits per heavy atom. The van der Waals surface area contributed by atoms with Crippen molar-refractivity contribution >= 4 is 0 Å². The van der Waals surface area contributed by atoms with Crippen LogP contribution in [0.15, 0.2) is 12.7 Å². The third kappa shape index (κ3) is 2.10. The predicted octanol–water partition coefficient (Wildman–Crippen LogP) is -0.604. The molecule has 1 aliphatic rings. The second-order valence-electron chi connectivity index (χ2n) is 2.52. The molecule has 0 spiro atoms. The van der Waals surface area contributed by atoms with Gasteiger partial charge in [-0.2, -0.15) is 0 Å². The predicted molar refractivity (Wildman–Crippen MR) is 40.6 cm³/mol. The summed E-state index contributed by atoms with van der Waals surface area (Å²) < 4.78 is 0. The number of hydrogen-bond acceptors (Lipinski definition) is 3. The summed E-state index contributed by atoms with van der Waals surface area (Å²) in [5.74, 6) is 0. The molecule has 0 saturated carbocycles. The zero-order valence-corrected chi connectivity index (χ0v) is 6.08. The molecule has 1 aliphatic heterocycles. The topological polar surface area (TPSA) is 35.5 Å². The number of nitrogens with one attached hydrogen (secondary N) is 1. The van der Waals surface area contributed by atoms with Gasteiger partial charge in [-0.15, -0.1) is 6.58 Å². The van der Waals surface area contributed by atoms with Gasteiger partial charge in [-0.05, 0) is 0 Å². The van der Waals surface area contributed by atoms with Crippen LogP contribution in [0, 0.1) is 0 Å². The van der Waals surface area contributed by atoms with Crippen molar-refractivity contribution < 1.29 is 5.11 Å². The molecule has 58 valence electrons. The third-order valence-corrected chi connectivity index (χ3v) is 1.63. The molecule has 3 nitrogen and oxygen atoms in total. The average Bonchev–Trinajstić information content (AvgIpc) is 1.88. The first-order valence-corrected chi connectivity index (χ1v) is 3.57. The van der Waals surface area contributed by atoms with Crippen molar-refractivity contribution in [3.63, 3.8) is 0 Å². The molecule has 1 saturated heterocycles. The number of β-amino-alcohol motifs (C(OH)–C–C–N with tert-alkyl or cyclic N) is 1. The molecule has 1 rings (SSSR count). The molecule has 1 unspecified atom stereocenters. The van der Waals surface area contributed by atoms with Gasteiger partial charge >= 0.3 is 0 Å². The summed E-state index contributed by atoms with van der Waals surface area (Å²) in [5.41, 5.74) is 0. The monoisotopic (exact) mass is 142 g/mol. The van der Waals surface area contributed by atoms with E-state index in [1.54, 1.807) is 0 Å². The minimum absolute atomic E-state index is 0.353. The smallest absolute Gasteiger partial charge is 0.117 e. The summed E-state index contributed by atoms with van der Waals surface area (Å²) in [4.78, 5) is 2.16. The lowest BCUT2D eigenvalue weighted by Crippen LogP contribution is -2.50. The lowest BCUT2D eigenvalue weighted by Gasteiger charge is -2.29. The van der Waals surface area contributed by atoms with Crippen molar-refractivity contribution in [1.82, 2.24) is 10.2 Å². The minimum atomic E-state index is -0.353. The molecular formula is C7H14N2O. The zero-order valence-electron chi connectivity index (χ0n) is 6.08. The van der Waals surface area contributed by atoms with Crippen LogP contribution in [0.1, 0.15) is 0 Å². The lowest BCUT2D eigenvalue weighted by atomic mass is 10.3. The molecule has 0 bridgehead atoms. The molecule has 0 amide bonds. The van der Waals surface area contributed by atoms with E-state index in [2.05, 4.69) is 16.8 Å². The standard InChI is InChI=1S/C7H14N2O/c1-2-4-9-5-3-8-7(10)6-9/h2,7-8,10H,1,3-6H2. The highest BCUT2D eigenvalue weighted by Crippen LogP contribution is 1.95. The Morgan fingerprint density at radius 1 is 1.80 bits per heavy atom. The highest BCUT2D eigenvalue weighted by atomic mass is 16.3. The Labute approximate surface area is 61.3 Å². The average molecular weight is 142 g/mol. The minimum Gasteiger partial charge on any atom is -0.377 e. The second-order valence-corrected chi connectivity index (χ2v) is 2.52. The third-order valence-electron chi connectivity index (χ3n) is 1.63. The van der Waals surface area contributed by atoms with Crippen LogP contribution >= 0.6 is 0 Å². The Bertz CT molecular complexity index is 116. The van der Waals surface area contributed by atoms with E-state index < -0.39 is 0 Å². The maximum Gasteiger partial charge on any atom is 0.117 e. The van der Waals surface area contributed by atoms with Gasteiger partial charge in [0.05, 0.1) is 0 Å². The second kappa shape index (κ2) is 3.71. The van der Waals surface area contributed by atoms with Gasteiger partial charge in [-0.25, -0.2) is 0 Å². The summed E-state index contributed by atoms with van der Waals surface area (Å²) in [6.07, 6.45) is 1.51. The van der Waals surface area contributed by atoms with Gasteiger partial charge in [0.25, 0.3) is 0 Å². The van der Waals surface area contributed by atoms with E-state index in [1.807, 2.05) is 6.08 Å². The molecule has 0 aromatic carbocycles. The first-order chi connectivity index (χ1) is 4.83. The summed E-state index contributed by atoms with van der Waals surface area (Å²) >= 11 is 0. The molecule has 0 radical (unpaired) electrons. The van der Waals surface area contributed by atoms with E-state index in [9.17, 15) is 0 Å². The van der Waals surface area contributed by atoms with Gasteiger partial charge in [0, 0.05) is 26.2 Å². The largest absolute Gasteiger partial charge is 0.377 e. The van der Waals surface area contributed by atoms with Crippen LogP contribution in [0.2, 0.25) is 0 Å². The van der Waals surface area contributed by atoms with Crippen LogP contribution in [0.3, 0.4) is 0 Å². The van der Waals surface area contributed by atoms with E-state index in [4.69, 9.17) is 5.11 Å². The Morgan fingerprint density at radius 3 is 3.20 bits per heavy atom. The number of aliphatic hydroxyl groups excluding tert-OH is 1. The Hall–Kier alpha value is -0.380. The zero-order chi connectivity index (χ0) is 7.40. The molecule has 1 heterocycles. The first-order valence-electron chi connectivity index (χ1n) is 3.57. The summed E-state index contributed by atoms with van der Waals surface area (Å²) in [6.45, 7) is 7.10. The van der Waals surface area contributed by atoms with Crippen LogP contribution in [0.5, 0.6) is 0 Å². The van der Waals surface area contributed by atoms with Crippen LogP contribution in [-0.4, -0.2) is 42.4 Å². The molecule has 0 aliphatic carbocycles. The Kier molecular flexibility index (Phi) is 2.86. The fourth-order valence-corrected chi connectivity index (χ4v) is 1.14. The van der Waals surface area contributed by atoms with Gasteiger partial charge < -0.3 is 5.11 Å². The molecule has 3 heteroatoms. The molecule has 1 fully saturated rings. The number of nitrogens with zero attached hydrogens (tertiary/aromatic N) is 1. The molecule has 10 heavy (non-hydrogen) atoms. The molecule has 1 atom stereocenters. The highest BCUT2D eigenvalue weighted by molar-refractivity contribution is 4.78. The maximum absolute atomic E-state index is 9.12. The summed E-state index contributed by atoms with van der Waals surface area (Å²) in [7, 11) is 0. The van der Waals surface area contributed by atoms with Crippen molar-refractivity contribution in [2.45, 2.75) is 6.23 Å². The van der Waals surface area contributed by atoms with Crippen molar-refractivity contribution in [3.8, 4) is 0 Å². The van der Waals surface area contributed by atoms with E-state index >= 15 is 0 Å². The highest BCUT2D eigenvalue weighted by Gasteiger charge is 2.14. The van der Waals surface area contributed by atoms with Gasteiger partial charge in [0.15, 0.2) is 0 Å². The van der Waals surface area contributed by atoms with Crippen LogP contribution in [0.25, 0.3) is 0 Å². The van der Waals surface area contributed by atoms with Crippen LogP contribution in [-0.2, 0) is 0 Å². The van der Waals surface area contributed by atoms with Gasteiger partial charge in [0.1, 0.15) is 6.23 Å². The van der Waals surface area contributed by atoms with E-state index in [1.165, 1.54) is 0 Å². The maximum atomic E-state index is 9.12. The number of piperazine rings is 1. The molecule has 0 aromatic rings. The summed E-state index contributed by atoms with van der Waals surface area (Å²) in [5, 5.41) is 12.1. The van der Waals surface area contributed by atoms with E-state index in [0.29, 0.717) is 6.54 Å². The van der Waals surface area contributed by atoms with Gasteiger partial charge in [-0.3, -0.25) is 10.2 Å². The molecule has 0 aromatic heterocycles. The number of aliphatic hydroxyl groups is 1. The number of rotatable bonds is 2. The van der Waals surface area contributed by atoms with Crippen molar-refractivity contribution in [2.75, 3.05) is 26.2 Å².